The van der Waals surface area contributed by atoms with E-state index in [2.05, 4.69) is 11.4 Å². The summed E-state index contributed by atoms with van der Waals surface area (Å²) in [5.41, 5.74) is 1.48. The van der Waals surface area contributed by atoms with Crippen LogP contribution in [0.1, 0.15) is 43.8 Å². The molecule has 1 saturated heterocycles. The number of benzene rings is 1. The van der Waals surface area contributed by atoms with Gasteiger partial charge in [0.05, 0.1) is 12.7 Å². The first-order chi connectivity index (χ1) is 9.29. The molecule has 1 aromatic carbocycles. The lowest BCUT2D eigenvalue weighted by atomic mass is 9.74. The first-order valence-electron chi connectivity index (χ1n) is 7.36. The number of hydrogen-bond acceptors (Lipinski definition) is 2. The minimum atomic E-state index is 0.0926. The van der Waals surface area contributed by atoms with Crippen molar-refractivity contribution in [3.05, 3.63) is 34.9 Å². The van der Waals surface area contributed by atoms with Gasteiger partial charge in [-0.3, -0.25) is 0 Å². The van der Waals surface area contributed by atoms with Gasteiger partial charge < -0.3 is 10.1 Å². The second-order valence-corrected chi connectivity index (χ2v) is 6.42. The number of halogens is 1. The average Bonchev–Trinajstić information content (AvgIpc) is 2.64. The second-order valence-electron chi connectivity index (χ2n) is 6.01. The SMILES string of the molecule is Clc1ccccc1C1CNCC2(CCCCC2)CO1. The number of hydrogen-bond donors (Lipinski definition) is 1. The van der Waals surface area contributed by atoms with E-state index in [4.69, 9.17) is 16.3 Å². The molecule has 0 bridgehead atoms. The van der Waals surface area contributed by atoms with Crippen LogP contribution in [0, 0.1) is 5.41 Å². The van der Waals surface area contributed by atoms with E-state index in [1.807, 2.05) is 18.2 Å². The van der Waals surface area contributed by atoms with E-state index in [1.165, 1.54) is 32.1 Å². The molecule has 0 amide bonds. The summed E-state index contributed by atoms with van der Waals surface area (Å²) in [4.78, 5) is 0. The Morgan fingerprint density at radius 3 is 2.74 bits per heavy atom. The molecule has 1 aliphatic heterocycles. The number of nitrogens with one attached hydrogen (secondary N) is 1. The van der Waals surface area contributed by atoms with Crippen LogP contribution in [-0.2, 0) is 4.74 Å². The normalized spacial score (nSPS) is 27.1. The van der Waals surface area contributed by atoms with Gasteiger partial charge in [-0.05, 0) is 18.9 Å². The van der Waals surface area contributed by atoms with E-state index in [9.17, 15) is 0 Å². The van der Waals surface area contributed by atoms with E-state index < -0.39 is 0 Å². The molecule has 1 saturated carbocycles. The van der Waals surface area contributed by atoms with E-state index >= 15 is 0 Å². The summed E-state index contributed by atoms with van der Waals surface area (Å²) in [5, 5.41) is 4.41. The zero-order valence-corrected chi connectivity index (χ0v) is 12.1. The van der Waals surface area contributed by atoms with Crippen LogP contribution in [0.4, 0.5) is 0 Å². The largest absolute Gasteiger partial charge is 0.372 e. The highest BCUT2D eigenvalue weighted by Crippen LogP contribution is 2.39. The zero-order chi connectivity index (χ0) is 13.1. The summed E-state index contributed by atoms with van der Waals surface area (Å²) in [6, 6.07) is 8.03. The number of rotatable bonds is 1. The molecule has 1 N–H and O–H groups in total. The molecule has 2 nitrogen and oxygen atoms in total. The van der Waals surface area contributed by atoms with E-state index in [1.54, 1.807) is 0 Å². The fourth-order valence-corrected chi connectivity index (χ4v) is 3.67. The lowest BCUT2D eigenvalue weighted by Gasteiger charge is -2.35. The molecule has 1 heterocycles. The van der Waals surface area contributed by atoms with Crippen molar-refractivity contribution in [3.8, 4) is 0 Å². The maximum absolute atomic E-state index is 6.28. The summed E-state index contributed by atoms with van der Waals surface area (Å²) in [6.07, 6.45) is 6.78. The van der Waals surface area contributed by atoms with Gasteiger partial charge in [-0.25, -0.2) is 0 Å². The van der Waals surface area contributed by atoms with Gasteiger partial charge in [0, 0.05) is 29.1 Å². The van der Waals surface area contributed by atoms with Crippen molar-refractivity contribution in [2.75, 3.05) is 19.7 Å². The van der Waals surface area contributed by atoms with Crippen molar-refractivity contribution >= 4 is 11.6 Å². The van der Waals surface area contributed by atoms with Crippen LogP contribution in [0.5, 0.6) is 0 Å². The number of ether oxygens (including phenoxy) is 1. The van der Waals surface area contributed by atoms with Crippen molar-refractivity contribution < 1.29 is 4.74 Å². The van der Waals surface area contributed by atoms with Crippen LogP contribution in [0.25, 0.3) is 0 Å². The quantitative estimate of drug-likeness (QED) is 0.840. The molecule has 0 radical (unpaired) electrons. The summed E-state index contributed by atoms with van der Waals surface area (Å²) in [7, 11) is 0. The Kier molecular flexibility index (Phi) is 4.11. The Hall–Kier alpha value is -0.570. The van der Waals surface area contributed by atoms with Crippen LogP contribution in [-0.4, -0.2) is 19.7 Å². The molecule has 3 heteroatoms. The maximum Gasteiger partial charge on any atom is 0.0963 e. The highest BCUT2D eigenvalue weighted by Gasteiger charge is 2.35. The first-order valence-corrected chi connectivity index (χ1v) is 7.74. The monoisotopic (exact) mass is 279 g/mol. The fraction of sp³-hybridized carbons (Fsp3) is 0.625. The van der Waals surface area contributed by atoms with Crippen LogP contribution < -0.4 is 5.32 Å². The fourth-order valence-electron chi connectivity index (χ4n) is 3.41. The highest BCUT2D eigenvalue weighted by molar-refractivity contribution is 6.31. The smallest absolute Gasteiger partial charge is 0.0963 e. The standard InChI is InChI=1S/C16H22ClNO/c17-14-7-3-2-6-13(14)15-10-18-11-16(12-19-15)8-4-1-5-9-16/h2-3,6-7,15,18H,1,4-5,8-12H2. The molecule has 1 spiro atoms. The summed E-state index contributed by atoms with van der Waals surface area (Å²) in [6.45, 7) is 2.83. The second kappa shape index (κ2) is 5.82. The van der Waals surface area contributed by atoms with Gasteiger partial charge >= 0.3 is 0 Å². The highest BCUT2D eigenvalue weighted by atomic mass is 35.5. The Morgan fingerprint density at radius 2 is 1.95 bits per heavy atom. The van der Waals surface area contributed by atoms with Crippen molar-refractivity contribution in [2.24, 2.45) is 5.41 Å². The van der Waals surface area contributed by atoms with Gasteiger partial charge in [0.1, 0.15) is 0 Å². The van der Waals surface area contributed by atoms with E-state index in [0.717, 1.165) is 30.3 Å². The van der Waals surface area contributed by atoms with Crippen molar-refractivity contribution in [1.82, 2.24) is 5.32 Å². The molecule has 0 aromatic heterocycles. The van der Waals surface area contributed by atoms with Crippen molar-refractivity contribution in [3.63, 3.8) is 0 Å². The van der Waals surface area contributed by atoms with Crippen molar-refractivity contribution in [1.29, 1.82) is 0 Å². The third-order valence-electron chi connectivity index (χ3n) is 4.59. The lowest BCUT2D eigenvalue weighted by Crippen LogP contribution is -2.37. The minimum absolute atomic E-state index is 0.0926. The molecule has 104 valence electrons. The van der Waals surface area contributed by atoms with Gasteiger partial charge in [-0.15, -0.1) is 0 Å². The Labute approximate surface area is 120 Å². The van der Waals surface area contributed by atoms with Crippen molar-refractivity contribution in [2.45, 2.75) is 38.2 Å². The summed E-state index contributed by atoms with van der Waals surface area (Å²) in [5.74, 6) is 0. The predicted octanol–water partition coefficient (Wildman–Crippen LogP) is 3.95. The molecule has 1 aromatic rings. The molecule has 1 unspecified atom stereocenters. The van der Waals surface area contributed by atoms with Gasteiger partial charge in [0.15, 0.2) is 0 Å². The molecule has 2 aliphatic rings. The average molecular weight is 280 g/mol. The molecular weight excluding hydrogens is 258 g/mol. The van der Waals surface area contributed by atoms with Crippen LogP contribution in [0.2, 0.25) is 5.02 Å². The van der Waals surface area contributed by atoms with Crippen LogP contribution >= 0.6 is 11.6 Å². The van der Waals surface area contributed by atoms with Gasteiger partial charge in [-0.1, -0.05) is 49.1 Å². The third-order valence-corrected chi connectivity index (χ3v) is 4.93. The topological polar surface area (TPSA) is 21.3 Å². The van der Waals surface area contributed by atoms with E-state index in [-0.39, 0.29) is 6.10 Å². The molecular formula is C16H22ClNO. The maximum atomic E-state index is 6.28. The van der Waals surface area contributed by atoms with E-state index in [0.29, 0.717) is 5.41 Å². The third kappa shape index (κ3) is 2.96. The molecule has 3 rings (SSSR count). The van der Waals surface area contributed by atoms with Gasteiger partial charge in [-0.2, -0.15) is 0 Å². The van der Waals surface area contributed by atoms with Gasteiger partial charge in [0.25, 0.3) is 0 Å². The first kappa shape index (κ1) is 13.4. The zero-order valence-electron chi connectivity index (χ0n) is 11.3. The molecule has 1 atom stereocenters. The Morgan fingerprint density at radius 1 is 1.16 bits per heavy atom. The minimum Gasteiger partial charge on any atom is -0.372 e. The Balaban J connectivity index is 1.72. The summed E-state index contributed by atoms with van der Waals surface area (Å²) < 4.78 is 6.22. The summed E-state index contributed by atoms with van der Waals surface area (Å²) >= 11 is 6.28. The van der Waals surface area contributed by atoms with Crippen LogP contribution in [0.15, 0.2) is 24.3 Å². The Bertz CT molecular complexity index is 429. The van der Waals surface area contributed by atoms with Crippen LogP contribution in [0.3, 0.4) is 0 Å². The lowest BCUT2D eigenvalue weighted by molar-refractivity contribution is -0.00136. The molecule has 2 fully saturated rings. The molecule has 19 heavy (non-hydrogen) atoms. The predicted molar refractivity (Wildman–Crippen MR) is 78.5 cm³/mol. The molecule has 1 aliphatic carbocycles. The van der Waals surface area contributed by atoms with Gasteiger partial charge in [0.2, 0.25) is 0 Å².